The van der Waals surface area contributed by atoms with E-state index in [1.807, 2.05) is 33.8 Å². The average molecular weight is 530 g/mol. The lowest BCUT2D eigenvalue weighted by Crippen LogP contribution is -2.70. The lowest BCUT2D eigenvalue weighted by Gasteiger charge is -2.64. The van der Waals surface area contributed by atoms with Crippen LogP contribution in [0.1, 0.15) is 70.9 Å². The molecule has 0 amide bonds. The molecule has 10 heteroatoms. The summed E-state index contributed by atoms with van der Waals surface area (Å²) in [4.78, 5) is 7.12. The fourth-order valence-corrected chi connectivity index (χ4v) is 7.41. The number of aryl methyl sites for hydroxylation is 1. The molecule has 4 fully saturated rings. The minimum atomic E-state index is -4.31. The monoisotopic (exact) mass is 529 g/mol. The zero-order valence-corrected chi connectivity index (χ0v) is 22.4. The quantitative estimate of drug-likeness (QED) is 0.420. The van der Waals surface area contributed by atoms with Gasteiger partial charge in [-0.05, 0) is 86.6 Å². The zero-order chi connectivity index (χ0) is 27.3. The van der Waals surface area contributed by atoms with E-state index in [0.717, 1.165) is 35.8 Å². The predicted molar refractivity (Wildman–Crippen MR) is 139 cm³/mol. The topological polar surface area (TPSA) is 87.3 Å². The molecule has 7 rings (SSSR count). The molecule has 2 saturated carbocycles. The minimum absolute atomic E-state index is 0.168. The van der Waals surface area contributed by atoms with E-state index in [1.54, 1.807) is 12.1 Å². The minimum Gasteiger partial charge on any atom is -0.402 e. The number of hydrogen-bond acceptors (Lipinski definition) is 7. The van der Waals surface area contributed by atoms with Crippen molar-refractivity contribution in [1.82, 2.24) is 15.2 Å². The van der Waals surface area contributed by atoms with Crippen LogP contribution in [0.4, 0.5) is 24.9 Å². The number of benzene rings is 1. The van der Waals surface area contributed by atoms with Gasteiger partial charge in [-0.2, -0.15) is 13.2 Å². The smallest absolute Gasteiger partial charge is 0.402 e. The molecular formula is C28H34F3N5O2. The summed E-state index contributed by atoms with van der Waals surface area (Å²) in [6, 6.07) is 5.93. The van der Waals surface area contributed by atoms with E-state index in [9.17, 15) is 18.3 Å². The third-order valence-corrected chi connectivity index (χ3v) is 8.54. The van der Waals surface area contributed by atoms with Gasteiger partial charge in [-0.1, -0.05) is 25.9 Å². The molecule has 38 heavy (non-hydrogen) atoms. The number of halogens is 3. The van der Waals surface area contributed by atoms with E-state index < -0.39 is 18.3 Å². The first-order valence-electron chi connectivity index (χ1n) is 13.2. The van der Waals surface area contributed by atoms with Gasteiger partial charge in [0.05, 0.1) is 11.1 Å². The van der Waals surface area contributed by atoms with E-state index in [1.165, 1.54) is 0 Å². The van der Waals surface area contributed by atoms with E-state index in [-0.39, 0.29) is 17.0 Å². The fraction of sp³-hybridized carbons (Fsp3) is 0.607. The van der Waals surface area contributed by atoms with Crippen LogP contribution in [-0.4, -0.2) is 50.2 Å². The van der Waals surface area contributed by atoms with Crippen LogP contribution in [0.15, 0.2) is 22.6 Å². The molecule has 4 heterocycles. The van der Waals surface area contributed by atoms with E-state index in [2.05, 4.69) is 27.3 Å². The highest BCUT2D eigenvalue weighted by molar-refractivity contribution is 5.90. The van der Waals surface area contributed by atoms with Crippen LogP contribution in [0.25, 0.3) is 22.5 Å². The molecule has 3 aromatic rings. The van der Waals surface area contributed by atoms with Crippen LogP contribution in [-0.2, 0) is 5.41 Å². The maximum atomic E-state index is 12.9. The number of piperidine rings is 2. The summed E-state index contributed by atoms with van der Waals surface area (Å²) in [6.07, 6.45) is -0.0157. The number of alkyl halides is 3. The van der Waals surface area contributed by atoms with Gasteiger partial charge in [0.2, 0.25) is 0 Å². The van der Waals surface area contributed by atoms with Crippen molar-refractivity contribution >= 4 is 22.6 Å². The molecule has 4 aliphatic rings. The second-order valence-corrected chi connectivity index (χ2v) is 13.0. The Labute approximate surface area is 219 Å². The standard InChI is InChI=1S/C28H34F3N5O2/c1-15-6-21(33-22-19(15)8-17(32-14-28(29,30)31)9-20(22)25(2,3)4)23-34-35-24(38-23)36-18-7-16-10-26(36,5)13-27(37,11-16)12-18/h6,8-9,16,18,32,37H,7,10-14H2,1-5H3. The molecule has 0 radical (unpaired) electrons. The summed E-state index contributed by atoms with van der Waals surface area (Å²) < 4.78 is 44.9. The van der Waals surface area contributed by atoms with Crippen molar-refractivity contribution in [3.63, 3.8) is 0 Å². The van der Waals surface area contributed by atoms with Gasteiger partial charge in [-0.15, -0.1) is 5.10 Å². The van der Waals surface area contributed by atoms with Crippen molar-refractivity contribution in [1.29, 1.82) is 0 Å². The molecule has 2 aliphatic carbocycles. The summed E-state index contributed by atoms with van der Waals surface area (Å²) in [5.74, 6) is 0.826. The number of nitrogens with one attached hydrogen (secondary N) is 1. The van der Waals surface area contributed by atoms with Gasteiger partial charge in [0, 0.05) is 22.7 Å². The Hall–Kier alpha value is -2.88. The van der Waals surface area contributed by atoms with Gasteiger partial charge in [0.15, 0.2) is 0 Å². The van der Waals surface area contributed by atoms with Crippen LogP contribution in [0.2, 0.25) is 0 Å². The Morgan fingerprint density at radius 3 is 2.55 bits per heavy atom. The molecule has 0 spiro atoms. The van der Waals surface area contributed by atoms with Crippen LogP contribution in [0, 0.1) is 12.8 Å². The van der Waals surface area contributed by atoms with E-state index in [4.69, 9.17) is 9.40 Å². The average Bonchev–Trinajstić information content (AvgIpc) is 3.23. The normalized spacial score (nSPS) is 28.9. The molecule has 2 aromatic heterocycles. The fourth-order valence-electron chi connectivity index (χ4n) is 7.41. The van der Waals surface area contributed by atoms with E-state index >= 15 is 0 Å². The number of anilines is 2. The van der Waals surface area contributed by atoms with Gasteiger partial charge in [-0.3, -0.25) is 0 Å². The van der Waals surface area contributed by atoms with Crippen LogP contribution < -0.4 is 10.2 Å². The Bertz CT molecular complexity index is 1410. The lowest BCUT2D eigenvalue weighted by atomic mass is 9.56. The van der Waals surface area contributed by atoms with Crippen molar-refractivity contribution in [3.05, 3.63) is 29.3 Å². The molecule has 4 atom stereocenters. The van der Waals surface area contributed by atoms with Gasteiger partial charge in [-0.25, -0.2) is 4.98 Å². The lowest BCUT2D eigenvalue weighted by molar-refractivity contribution is -0.115. The van der Waals surface area contributed by atoms with Gasteiger partial charge in [0.1, 0.15) is 12.2 Å². The van der Waals surface area contributed by atoms with Crippen molar-refractivity contribution in [2.24, 2.45) is 5.92 Å². The molecule has 1 aromatic carbocycles. The molecule has 7 nitrogen and oxygen atoms in total. The second-order valence-electron chi connectivity index (χ2n) is 13.0. The number of pyridine rings is 1. The molecule has 2 N–H and O–H groups in total. The number of hydrogen-bond donors (Lipinski definition) is 2. The highest BCUT2D eigenvalue weighted by Crippen LogP contribution is 2.57. The zero-order valence-electron chi connectivity index (χ0n) is 22.4. The maximum Gasteiger partial charge on any atom is 0.405 e. The van der Waals surface area contributed by atoms with Crippen molar-refractivity contribution in [2.45, 2.75) is 95.5 Å². The Kier molecular flexibility index (Phi) is 5.39. The Morgan fingerprint density at radius 1 is 1.13 bits per heavy atom. The number of aromatic nitrogens is 3. The molecule has 204 valence electrons. The number of nitrogens with zero attached hydrogens (tertiary/aromatic N) is 4. The molecule has 4 bridgehead atoms. The summed E-state index contributed by atoms with van der Waals surface area (Å²) in [6.45, 7) is 9.02. The SMILES string of the molecule is Cc1cc(-c2nnc(N3C4CC5CC(O)(C4)CC3(C)C5)o2)nc2c(C(C)(C)C)cc(NCC(F)(F)F)cc12. The highest BCUT2D eigenvalue weighted by Gasteiger charge is 2.60. The largest absolute Gasteiger partial charge is 0.405 e. The number of aliphatic hydroxyl groups is 1. The Balaban J connectivity index is 1.38. The molecule has 2 saturated heterocycles. The summed E-state index contributed by atoms with van der Waals surface area (Å²) in [5, 5.41) is 23.1. The highest BCUT2D eigenvalue weighted by atomic mass is 19.4. The summed E-state index contributed by atoms with van der Waals surface area (Å²) in [5.41, 5.74) is 2.13. The third-order valence-electron chi connectivity index (χ3n) is 8.54. The van der Waals surface area contributed by atoms with Crippen molar-refractivity contribution in [2.75, 3.05) is 16.8 Å². The van der Waals surface area contributed by atoms with Gasteiger partial charge < -0.3 is 19.7 Å². The number of fused-ring (bicyclic) bond motifs is 1. The Morgan fingerprint density at radius 2 is 1.89 bits per heavy atom. The maximum absolute atomic E-state index is 12.9. The second kappa shape index (κ2) is 8.07. The van der Waals surface area contributed by atoms with Gasteiger partial charge >= 0.3 is 12.2 Å². The van der Waals surface area contributed by atoms with Gasteiger partial charge in [0.25, 0.3) is 5.89 Å². The number of rotatable bonds is 4. The first-order valence-corrected chi connectivity index (χ1v) is 13.2. The molecule has 2 aliphatic heterocycles. The van der Waals surface area contributed by atoms with Crippen LogP contribution in [0.5, 0.6) is 0 Å². The summed E-state index contributed by atoms with van der Waals surface area (Å²) in [7, 11) is 0. The van der Waals surface area contributed by atoms with Crippen LogP contribution in [0.3, 0.4) is 0 Å². The molecular weight excluding hydrogens is 495 g/mol. The van der Waals surface area contributed by atoms with Crippen LogP contribution >= 0.6 is 0 Å². The molecule has 4 unspecified atom stereocenters. The first kappa shape index (κ1) is 25.4. The first-order chi connectivity index (χ1) is 17.6. The predicted octanol–water partition coefficient (Wildman–Crippen LogP) is 6.14. The van der Waals surface area contributed by atoms with Crippen molar-refractivity contribution < 1.29 is 22.7 Å². The summed E-state index contributed by atoms with van der Waals surface area (Å²) >= 11 is 0. The van der Waals surface area contributed by atoms with E-state index in [0.29, 0.717) is 47.6 Å². The van der Waals surface area contributed by atoms with Crippen molar-refractivity contribution in [3.8, 4) is 11.6 Å². The third kappa shape index (κ3) is 4.30.